The number of hydrogen-bond donors (Lipinski definition) is 2. The lowest BCUT2D eigenvalue weighted by Crippen LogP contribution is -2.26. The normalized spacial score (nSPS) is 10.7. The van der Waals surface area contributed by atoms with Gasteiger partial charge in [-0.25, -0.2) is 0 Å². The van der Waals surface area contributed by atoms with Crippen molar-refractivity contribution in [3.63, 3.8) is 0 Å². The molecule has 3 aromatic rings. The molecule has 0 fully saturated rings. The molecule has 3 nitrogen and oxygen atoms in total. The highest BCUT2D eigenvalue weighted by molar-refractivity contribution is 5.94. The van der Waals surface area contributed by atoms with Gasteiger partial charge in [-0.3, -0.25) is 4.79 Å². The second kappa shape index (κ2) is 11.2. The molecule has 0 radical (unpaired) electrons. The summed E-state index contributed by atoms with van der Waals surface area (Å²) in [6, 6.07) is 27.2. The zero-order chi connectivity index (χ0) is 20.3. The average Bonchev–Trinajstić information content (AvgIpc) is 2.78. The van der Waals surface area contributed by atoms with Gasteiger partial charge in [-0.15, -0.1) is 0 Å². The number of aliphatic hydroxyl groups is 1. The molecule has 0 heterocycles. The largest absolute Gasteiger partial charge is 0.395 e. The summed E-state index contributed by atoms with van der Waals surface area (Å²) in [5.41, 5.74) is 6.13. The highest BCUT2D eigenvalue weighted by Gasteiger charge is 2.06. The van der Waals surface area contributed by atoms with Crippen molar-refractivity contribution in [1.82, 2.24) is 5.32 Å². The van der Waals surface area contributed by atoms with Crippen LogP contribution in [0.2, 0.25) is 0 Å². The molecule has 0 aromatic heterocycles. The Morgan fingerprint density at radius 1 is 0.690 bits per heavy atom. The van der Waals surface area contributed by atoms with Crippen molar-refractivity contribution in [3.05, 3.63) is 107 Å². The van der Waals surface area contributed by atoms with Crippen LogP contribution in [0.25, 0.3) is 0 Å². The topological polar surface area (TPSA) is 49.3 Å². The third-order valence-electron chi connectivity index (χ3n) is 5.17. The molecular weight excluding hydrogens is 358 g/mol. The Balaban J connectivity index is 1.51. The molecule has 0 saturated heterocycles. The lowest BCUT2D eigenvalue weighted by molar-refractivity contribution is 0.0945. The van der Waals surface area contributed by atoms with Gasteiger partial charge in [0.15, 0.2) is 0 Å². The maximum atomic E-state index is 11.9. The highest BCUT2D eigenvalue weighted by Crippen LogP contribution is 2.16. The summed E-state index contributed by atoms with van der Waals surface area (Å²) in [5, 5.41) is 11.5. The molecule has 2 N–H and O–H groups in total. The Labute approximate surface area is 173 Å². The van der Waals surface area contributed by atoms with Gasteiger partial charge >= 0.3 is 0 Å². The molecule has 0 spiro atoms. The fourth-order valence-corrected chi connectivity index (χ4v) is 3.55. The van der Waals surface area contributed by atoms with E-state index in [0.29, 0.717) is 5.56 Å². The maximum absolute atomic E-state index is 11.9. The lowest BCUT2D eigenvalue weighted by Gasteiger charge is -2.10. The molecule has 150 valence electrons. The molecule has 0 aliphatic carbocycles. The Bertz CT molecular complexity index is 888. The summed E-state index contributed by atoms with van der Waals surface area (Å²) in [4.78, 5) is 11.9. The minimum atomic E-state index is -0.141. The van der Waals surface area contributed by atoms with E-state index in [1.165, 1.54) is 22.3 Å². The highest BCUT2D eigenvalue weighted by atomic mass is 16.3. The SMILES string of the molecule is O=C(NCCO)c1ccc(CCCc2ccccc2CCc2ccccc2)cc1. The molecule has 0 bridgehead atoms. The minimum Gasteiger partial charge on any atom is -0.395 e. The second-order valence-corrected chi connectivity index (χ2v) is 7.28. The van der Waals surface area contributed by atoms with E-state index in [4.69, 9.17) is 5.11 Å². The molecule has 1 amide bonds. The van der Waals surface area contributed by atoms with Gasteiger partial charge in [0.05, 0.1) is 6.61 Å². The van der Waals surface area contributed by atoms with Crippen LogP contribution in [0.1, 0.15) is 39.0 Å². The lowest BCUT2D eigenvalue weighted by atomic mass is 9.95. The average molecular weight is 388 g/mol. The first-order valence-corrected chi connectivity index (χ1v) is 10.3. The zero-order valence-electron chi connectivity index (χ0n) is 16.8. The summed E-state index contributed by atoms with van der Waals surface area (Å²) >= 11 is 0. The van der Waals surface area contributed by atoms with Crippen LogP contribution in [0.3, 0.4) is 0 Å². The molecule has 0 atom stereocenters. The maximum Gasteiger partial charge on any atom is 0.251 e. The van der Waals surface area contributed by atoms with E-state index in [9.17, 15) is 4.79 Å². The predicted molar refractivity (Wildman–Crippen MR) is 118 cm³/mol. The predicted octanol–water partition coefficient (Wildman–Crippen LogP) is 4.37. The van der Waals surface area contributed by atoms with Crippen LogP contribution in [0, 0.1) is 0 Å². The van der Waals surface area contributed by atoms with Crippen LogP contribution in [0.4, 0.5) is 0 Å². The van der Waals surface area contributed by atoms with Crippen LogP contribution in [-0.2, 0) is 25.7 Å². The summed E-state index contributed by atoms with van der Waals surface area (Å²) < 4.78 is 0. The van der Waals surface area contributed by atoms with Crippen LogP contribution in [0.5, 0.6) is 0 Å². The third kappa shape index (κ3) is 6.58. The van der Waals surface area contributed by atoms with E-state index in [2.05, 4.69) is 59.9 Å². The van der Waals surface area contributed by atoms with Crippen molar-refractivity contribution >= 4 is 5.91 Å². The number of aryl methyl sites for hydroxylation is 4. The number of amides is 1. The monoisotopic (exact) mass is 387 g/mol. The van der Waals surface area contributed by atoms with Crippen LogP contribution in [0.15, 0.2) is 78.9 Å². The number of carbonyl (C=O) groups is 1. The van der Waals surface area contributed by atoms with Crippen molar-refractivity contribution in [2.45, 2.75) is 32.1 Å². The molecule has 0 aliphatic heterocycles. The zero-order valence-corrected chi connectivity index (χ0v) is 16.8. The standard InChI is InChI=1S/C26H29NO2/c28-20-19-27-26(29)25-17-14-22(15-18-25)9-6-12-23-10-4-5-11-24(23)16-13-21-7-2-1-3-8-21/h1-5,7-8,10-11,14-15,17-18,28H,6,9,12-13,16,19-20H2,(H,27,29). The second-order valence-electron chi connectivity index (χ2n) is 7.28. The summed E-state index contributed by atoms with van der Waals surface area (Å²) in [6.07, 6.45) is 5.27. The molecule has 0 aliphatic rings. The summed E-state index contributed by atoms with van der Waals surface area (Å²) in [5.74, 6) is -0.141. The number of carbonyl (C=O) groups excluding carboxylic acids is 1. The molecule has 3 aromatic carbocycles. The van der Waals surface area contributed by atoms with Gasteiger partial charge in [-0.2, -0.15) is 0 Å². The first-order valence-electron chi connectivity index (χ1n) is 10.3. The number of rotatable bonds is 10. The summed E-state index contributed by atoms with van der Waals surface area (Å²) in [7, 11) is 0. The minimum absolute atomic E-state index is 0.0450. The van der Waals surface area contributed by atoms with E-state index in [1.54, 1.807) is 0 Å². The molecule has 0 unspecified atom stereocenters. The Kier molecular flexibility index (Phi) is 8.02. The molecule has 3 heteroatoms. The van der Waals surface area contributed by atoms with E-state index in [0.717, 1.165) is 32.1 Å². The van der Waals surface area contributed by atoms with Crippen LogP contribution in [-0.4, -0.2) is 24.2 Å². The van der Waals surface area contributed by atoms with Crippen molar-refractivity contribution in [2.75, 3.05) is 13.2 Å². The smallest absolute Gasteiger partial charge is 0.251 e. The van der Waals surface area contributed by atoms with Gasteiger partial charge in [0, 0.05) is 12.1 Å². The van der Waals surface area contributed by atoms with Crippen molar-refractivity contribution < 1.29 is 9.90 Å². The van der Waals surface area contributed by atoms with Gasteiger partial charge in [-0.05, 0) is 66.5 Å². The van der Waals surface area contributed by atoms with Gasteiger partial charge in [0.25, 0.3) is 5.91 Å². The van der Waals surface area contributed by atoms with Crippen molar-refractivity contribution in [2.24, 2.45) is 0 Å². The van der Waals surface area contributed by atoms with E-state index in [-0.39, 0.29) is 19.1 Å². The third-order valence-corrected chi connectivity index (χ3v) is 5.17. The first-order chi connectivity index (χ1) is 14.3. The van der Waals surface area contributed by atoms with E-state index in [1.807, 2.05) is 24.3 Å². The molecular formula is C26H29NO2. The number of aliphatic hydroxyl groups excluding tert-OH is 1. The fraction of sp³-hybridized carbons (Fsp3) is 0.269. The van der Waals surface area contributed by atoms with Crippen molar-refractivity contribution in [1.29, 1.82) is 0 Å². The fourth-order valence-electron chi connectivity index (χ4n) is 3.55. The van der Waals surface area contributed by atoms with Gasteiger partial charge in [0.2, 0.25) is 0 Å². The van der Waals surface area contributed by atoms with Gasteiger partial charge in [0.1, 0.15) is 0 Å². The summed E-state index contributed by atoms with van der Waals surface area (Å²) in [6.45, 7) is 0.237. The number of nitrogens with one attached hydrogen (secondary N) is 1. The molecule has 0 saturated carbocycles. The number of benzene rings is 3. The van der Waals surface area contributed by atoms with Crippen LogP contribution < -0.4 is 5.32 Å². The van der Waals surface area contributed by atoms with E-state index < -0.39 is 0 Å². The van der Waals surface area contributed by atoms with E-state index >= 15 is 0 Å². The Hall–Kier alpha value is -2.91. The Morgan fingerprint density at radius 3 is 2.00 bits per heavy atom. The number of hydrogen-bond acceptors (Lipinski definition) is 2. The van der Waals surface area contributed by atoms with Gasteiger partial charge in [-0.1, -0.05) is 66.7 Å². The van der Waals surface area contributed by atoms with Crippen molar-refractivity contribution in [3.8, 4) is 0 Å². The molecule has 29 heavy (non-hydrogen) atoms. The van der Waals surface area contributed by atoms with Crippen LogP contribution >= 0.6 is 0 Å². The Morgan fingerprint density at radius 2 is 1.31 bits per heavy atom. The van der Waals surface area contributed by atoms with Gasteiger partial charge < -0.3 is 10.4 Å². The molecule has 3 rings (SSSR count). The first kappa shape index (κ1) is 20.8. The quantitative estimate of drug-likeness (QED) is 0.543.